The third-order valence-corrected chi connectivity index (χ3v) is 5.91. The minimum absolute atomic E-state index is 0.199. The van der Waals surface area contributed by atoms with Crippen molar-refractivity contribution in [3.05, 3.63) is 46.1 Å². The predicted molar refractivity (Wildman–Crippen MR) is 107 cm³/mol. The molecule has 146 valence electrons. The average molecular weight is 390 g/mol. The molecule has 1 saturated heterocycles. The number of piperidine rings is 1. The Morgan fingerprint density at radius 1 is 1.44 bits per heavy atom. The van der Waals surface area contributed by atoms with Crippen LogP contribution in [0.1, 0.15) is 28.8 Å². The zero-order valence-corrected chi connectivity index (χ0v) is 16.7. The van der Waals surface area contributed by atoms with Crippen LogP contribution in [0.4, 0.5) is 0 Å². The first-order valence-electron chi connectivity index (χ1n) is 9.35. The van der Waals surface area contributed by atoms with Crippen molar-refractivity contribution in [2.45, 2.75) is 31.5 Å². The van der Waals surface area contributed by atoms with E-state index in [0.29, 0.717) is 30.3 Å². The first-order valence-corrected chi connectivity index (χ1v) is 10.3. The topological polar surface area (TPSA) is 81.0 Å². The van der Waals surface area contributed by atoms with Crippen molar-refractivity contribution in [2.75, 3.05) is 25.4 Å². The zero-order valence-electron chi connectivity index (χ0n) is 15.9. The van der Waals surface area contributed by atoms with Crippen LogP contribution in [-0.2, 0) is 13.6 Å². The second-order valence-electron chi connectivity index (χ2n) is 6.97. The van der Waals surface area contributed by atoms with Crippen molar-refractivity contribution in [1.82, 2.24) is 24.8 Å². The van der Waals surface area contributed by atoms with Crippen LogP contribution in [0, 0.1) is 12.8 Å². The van der Waals surface area contributed by atoms with Crippen LogP contribution in [0.15, 0.2) is 34.6 Å². The van der Waals surface area contributed by atoms with Crippen molar-refractivity contribution < 1.29 is 4.79 Å². The molecule has 0 radical (unpaired) electrons. The molecule has 27 heavy (non-hydrogen) atoms. The van der Waals surface area contributed by atoms with E-state index in [9.17, 15) is 9.59 Å². The molecule has 2 N–H and O–H groups in total. The van der Waals surface area contributed by atoms with E-state index in [-0.39, 0.29) is 17.0 Å². The molecular formula is C19H27N5O2S. The molecule has 2 aromatic rings. The number of nitrogens with zero attached hydrogens (tertiary/aromatic N) is 3. The number of hydrogen-bond donors (Lipinski definition) is 2. The fourth-order valence-corrected chi connectivity index (χ4v) is 4.12. The van der Waals surface area contributed by atoms with Crippen molar-refractivity contribution in [3.63, 3.8) is 0 Å². The van der Waals surface area contributed by atoms with Crippen molar-refractivity contribution >= 4 is 17.7 Å². The SMILES string of the molecule is Cc1ccn(CC2CCCNC2)c(=O)c1C(=O)NCCSc1nccn1C. The lowest BCUT2D eigenvalue weighted by Crippen LogP contribution is -2.38. The highest BCUT2D eigenvalue weighted by atomic mass is 32.2. The number of pyridine rings is 1. The Kier molecular flexibility index (Phi) is 6.73. The van der Waals surface area contributed by atoms with E-state index in [1.54, 1.807) is 28.7 Å². The number of nitrogens with one attached hydrogen (secondary N) is 2. The highest BCUT2D eigenvalue weighted by Crippen LogP contribution is 2.14. The molecule has 8 heteroatoms. The smallest absolute Gasteiger partial charge is 0.263 e. The molecule has 1 atom stereocenters. The molecule has 0 spiro atoms. The number of rotatable bonds is 7. The first-order chi connectivity index (χ1) is 13.1. The Labute approximate surface area is 163 Å². The van der Waals surface area contributed by atoms with Gasteiger partial charge < -0.3 is 19.8 Å². The summed E-state index contributed by atoms with van der Waals surface area (Å²) in [5, 5.41) is 7.15. The van der Waals surface area contributed by atoms with Crippen LogP contribution in [0.2, 0.25) is 0 Å². The summed E-state index contributed by atoms with van der Waals surface area (Å²) in [6.07, 6.45) is 7.68. The number of aromatic nitrogens is 3. The van der Waals surface area contributed by atoms with Crippen LogP contribution in [0.5, 0.6) is 0 Å². The lowest BCUT2D eigenvalue weighted by molar-refractivity contribution is 0.0953. The molecule has 2 aromatic heterocycles. The van der Waals surface area contributed by atoms with E-state index in [1.165, 1.54) is 0 Å². The quantitative estimate of drug-likeness (QED) is 0.553. The second-order valence-corrected chi connectivity index (χ2v) is 8.03. The van der Waals surface area contributed by atoms with E-state index in [2.05, 4.69) is 15.6 Å². The third-order valence-electron chi connectivity index (χ3n) is 4.85. The Hall–Kier alpha value is -2.06. The van der Waals surface area contributed by atoms with Crippen LogP contribution in [0.25, 0.3) is 0 Å². The Balaban J connectivity index is 1.60. The number of carbonyl (C=O) groups is 1. The maximum absolute atomic E-state index is 12.8. The normalized spacial score (nSPS) is 17.0. The Bertz CT molecular complexity index is 839. The van der Waals surface area contributed by atoms with Gasteiger partial charge in [0.05, 0.1) is 0 Å². The van der Waals surface area contributed by atoms with E-state index >= 15 is 0 Å². The number of carbonyl (C=O) groups excluding carboxylic acids is 1. The van der Waals surface area contributed by atoms with Gasteiger partial charge in [0.2, 0.25) is 0 Å². The highest BCUT2D eigenvalue weighted by molar-refractivity contribution is 7.99. The van der Waals surface area contributed by atoms with Gasteiger partial charge in [0.25, 0.3) is 11.5 Å². The molecule has 7 nitrogen and oxygen atoms in total. The van der Waals surface area contributed by atoms with Crippen molar-refractivity contribution in [3.8, 4) is 0 Å². The largest absolute Gasteiger partial charge is 0.351 e. The minimum atomic E-state index is -0.297. The predicted octanol–water partition coefficient (Wildman–Crippen LogP) is 1.41. The van der Waals surface area contributed by atoms with Gasteiger partial charge in [0, 0.05) is 44.5 Å². The van der Waals surface area contributed by atoms with Crippen LogP contribution < -0.4 is 16.2 Å². The van der Waals surface area contributed by atoms with Crippen molar-refractivity contribution in [1.29, 1.82) is 0 Å². The van der Waals surface area contributed by atoms with Crippen molar-refractivity contribution in [2.24, 2.45) is 13.0 Å². The summed E-state index contributed by atoms with van der Waals surface area (Å²) in [5.41, 5.74) is 0.769. The summed E-state index contributed by atoms with van der Waals surface area (Å²) in [5.74, 6) is 0.836. The number of aryl methyl sites for hydroxylation is 2. The second kappa shape index (κ2) is 9.23. The minimum Gasteiger partial charge on any atom is -0.351 e. The summed E-state index contributed by atoms with van der Waals surface area (Å²) in [6.45, 7) is 4.92. The van der Waals surface area contributed by atoms with Gasteiger partial charge in [0.15, 0.2) is 5.16 Å². The standard InChI is InChI=1S/C19H27N5O2S/c1-14-5-9-24(13-15-4-3-6-20-12-15)18(26)16(14)17(25)21-8-11-27-19-22-7-10-23(19)2/h5,7,9-10,15,20H,3-4,6,8,11-13H2,1-2H3,(H,21,25). The lowest BCUT2D eigenvalue weighted by atomic mass is 9.99. The maximum atomic E-state index is 12.8. The van der Waals surface area contributed by atoms with Gasteiger partial charge in [-0.1, -0.05) is 11.8 Å². The molecule has 1 amide bonds. The van der Waals surface area contributed by atoms with Crippen LogP contribution in [0.3, 0.4) is 0 Å². The van der Waals surface area contributed by atoms with E-state index in [0.717, 1.165) is 31.1 Å². The summed E-state index contributed by atoms with van der Waals surface area (Å²) >= 11 is 1.57. The number of hydrogen-bond acceptors (Lipinski definition) is 5. The van der Waals surface area contributed by atoms with Gasteiger partial charge in [-0.25, -0.2) is 4.98 Å². The number of thioether (sulfide) groups is 1. The van der Waals surface area contributed by atoms with Gasteiger partial charge in [-0.05, 0) is 50.4 Å². The molecular weight excluding hydrogens is 362 g/mol. The average Bonchev–Trinajstić information content (AvgIpc) is 3.07. The number of imidazole rings is 1. The van der Waals surface area contributed by atoms with Crippen LogP contribution in [-0.4, -0.2) is 45.4 Å². The molecule has 0 aliphatic carbocycles. The Morgan fingerprint density at radius 3 is 3.00 bits per heavy atom. The molecule has 3 rings (SSSR count). The van der Waals surface area contributed by atoms with E-state index in [4.69, 9.17) is 0 Å². The maximum Gasteiger partial charge on any atom is 0.263 e. The molecule has 1 unspecified atom stereocenters. The molecule has 1 aliphatic rings. The summed E-state index contributed by atoms with van der Waals surface area (Å²) in [4.78, 5) is 29.7. The highest BCUT2D eigenvalue weighted by Gasteiger charge is 2.18. The summed E-state index contributed by atoms with van der Waals surface area (Å²) in [7, 11) is 1.94. The lowest BCUT2D eigenvalue weighted by Gasteiger charge is -2.23. The van der Waals surface area contributed by atoms with Gasteiger partial charge in [-0.3, -0.25) is 9.59 Å². The molecule has 0 saturated carbocycles. The van der Waals surface area contributed by atoms with Gasteiger partial charge in [0.1, 0.15) is 5.56 Å². The van der Waals surface area contributed by atoms with Gasteiger partial charge in [-0.15, -0.1) is 0 Å². The molecule has 3 heterocycles. The van der Waals surface area contributed by atoms with Crippen LogP contribution >= 0.6 is 11.8 Å². The molecule has 1 aliphatic heterocycles. The zero-order chi connectivity index (χ0) is 19.2. The Morgan fingerprint density at radius 2 is 2.30 bits per heavy atom. The molecule has 1 fully saturated rings. The summed E-state index contributed by atoms with van der Waals surface area (Å²) in [6, 6.07) is 1.86. The third kappa shape index (κ3) is 5.01. The molecule has 0 bridgehead atoms. The monoisotopic (exact) mass is 389 g/mol. The molecule has 0 aromatic carbocycles. The fourth-order valence-electron chi connectivity index (χ4n) is 3.33. The van der Waals surface area contributed by atoms with Gasteiger partial charge in [-0.2, -0.15) is 0 Å². The van der Waals surface area contributed by atoms with E-state index in [1.807, 2.05) is 30.8 Å². The first kappa shape index (κ1) is 19.7. The van der Waals surface area contributed by atoms with Gasteiger partial charge >= 0.3 is 0 Å². The summed E-state index contributed by atoms with van der Waals surface area (Å²) < 4.78 is 3.62. The van der Waals surface area contributed by atoms with E-state index < -0.39 is 0 Å². The number of amides is 1. The fraction of sp³-hybridized carbons (Fsp3) is 0.526.